The van der Waals surface area contributed by atoms with Crippen molar-refractivity contribution in [2.45, 2.75) is 6.04 Å². The second-order valence-corrected chi connectivity index (χ2v) is 8.07. The van der Waals surface area contributed by atoms with E-state index in [1.807, 2.05) is 0 Å². The number of hydrogen-bond donors (Lipinski definition) is 1. The quantitative estimate of drug-likeness (QED) is 0.349. The summed E-state index contributed by atoms with van der Waals surface area (Å²) in [6, 6.07) is 8.65. The number of aromatic nitrogens is 2. The molecule has 2 aromatic carbocycles. The fraction of sp³-hybridized carbons (Fsp3) is 0.143. The number of aliphatic hydroxyl groups is 1. The molecule has 0 saturated carbocycles. The van der Waals surface area contributed by atoms with Crippen LogP contribution in [0.1, 0.15) is 17.2 Å². The molecule has 1 amide bonds. The molecule has 5 rings (SSSR count). The summed E-state index contributed by atoms with van der Waals surface area (Å²) in [4.78, 5) is 27.3. The van der Waals surface area contributed by atoms with Crippen molar-refractivity contribution in [3.8, 4) is 17.2 Å². The number of aliphatic hydroxyl groups excluding tert-OH is 1. The summed E-state index contributed by atoms with van der Waals surface area (Å²) in [7, 11) is 1.48. The number of halogens is 1. The van der Waals surface area contributed by atoms with E-state index in [4.69, 9.17) is 25.8 Å². The Morgan fingerprint density at radius 3 is 2.75 bits per heavy atom. The lowest BCUT2D eigenvalue weighted by Crippen LogP contribution is -2.29. The Kier molecular flexibility index (Phi) is 4.95. The van der Waals surface area contributed by atoms with Crippen molar-refractivity contribution in [2.24, 2.45) is 0 Å². The van der Waals surface area contributed by atoms with E-state index in [9.17, 15) is 14.7 Å². The largest absolute Gasteiger partial charge is 0.507 e. The van der Waals surface area contributed by atoms with Crippen LogP contribution in [0.5, 0.6) is 17.2 Å². The molecule has 1 aromatic heterocycles. The summed E-state index contributed by atoms with van der Waals surface area (Å²) in [5, 5.41) is 19.4. The van der Waals surface area contributed by atoms with Crippen LogP contribution in [0.2, 0.25) is 5.02 Å². The Morgan fingerprint density at radius 2 is 2.03 bits per heavy atom. The van der Waals surface area contributed by atoms with Gasteiger partial charge in [-0.15, -0.1) is 10.2 Å². The molecule has 0 bridgehead atoms. The van der Waals surface area contributed by atoms with Gasteiger partial charge in [0.15, 0.2) is 11.5 Å². The average molecular weight is 472 g/mol. The van der Waals surface area contributed by atoms with Crippen LogP contribution in [0.15, 0.2) is 47.5 Å². The molecular formula is C21H14ClN3O6S. The van der Waals surface area contributed by atoms with E-state index < -0.39 is 17.7 Å². The summed E-state index contributed by atoms with van der Waals surface area (Å²) < 4.78 is 15.9. The van der Waals surface area contributed by atoms with Crippen LogP contribution in [0, 0.1) is 0 Å². The second-order valence-electron chi connectivity index (χ2n) is 6.85. The van der Waals surface area contributed by atoms with E-state index in [0.29, 0.717) is 28.4 Å². The van der Waals surface area contributed by atoms with Crippen LogP contribution in [0.25, 0.3) is 5.76 Å². The van der Waals surface area contributed by atoms with E-state index >= 15 is 0 Å². The minimum absolute atomic E-state index is 0.0608. The van der Waals surface area contributed by atoms with Crippen LogP contribution >= 0.6 is 22.9 Å². The summed E-state index contributed by atoms with van der Waals surface area (Å²) in [5.74, 6) is -0.663. The fourth-order valence-corrected chi connectivity index (χ4v) is 4.52. The normalized spacial score (nSPS) is 18.9. The molecule has 1 N–H and O–H groups in total. The predicted molar refractivity (Wildman–Crippen MR) is 115 cm³/mol. The highest BCUT2D eigenvalue weighted by Gasteiger charge is 2.48. The van der Waals surface area contributed by atoms with Crippen LogP contribution < -0.4 is 19.1 Å². The number of ether oxygens (including phenoxy) is 3. The van der Waals surface area contributed by atoms with Gasteiger partial charge in [0, 0.05) is 5.56 Å². The summed E-state index contributed by atoms with van der Waals surface area (Å²) in [6.45, 7) is 0.0608. The molecule has 162 valence electrons. The van der Waals surface area contributed by atoms with Gasteiger partial charge in [-0.1, -0.05) is 29.0 Å². The maximum atomic E-state index is 13.1. The van der Waals surface area contributed by atoms with Gasteiger partial charge in [0.1, 0.15) is 17.0 Å². The van der Waals surface area contributed by atoms with Crippen LogP contribution in [-0.4, -0.2) is 40.9 Å². The Bertz CT molecular complexity index is 1280. The Hall–Kier alpha value is -3.63. The molecule has 32 heavy (non-hydrogen) atoms. The van der Waals surface area contributed by atoms with E-state index in [-0.39, 0.29) is 28.3 Å². The number of carbonyl (C=O) groups is 2. The van der Waals surface area contributed by atoms with Crippen molar-refractivity contribution >= 4 is 45.5 Å². The van der Waals surface area contributed by atoms with Crippen molar-refractivity contribution in [3.05, 3.63) is 63.6 Å². The van der Waals surface area contributed by atoms with Gasteiger partial charge in [-0.2, -0.15) is 0 Å². The zero-order valence-electron chi connectivity index (χ0n) is 16.4. The third-order valence-corrected chi connectivity index (χ3v) is 6.12. The third-order valence-electron chi connectivity index (χ3n) is 5.14. The first-order chi connectivity index (χ1) is 15.5. The number of ketones is 1. The number of Topliss-reactive ketones (excluding diaryl/α,β-unsaturated/α-hetero) is 1. The van der Waals surface area contributed by atoms with E-state index in [1.165, 1.54) is 17.5 Å². The molecule has 11 heteroatoms. The predicted octanol–water partition coefficient (Wildman–Crippen LogP) is 3.56. The molecule has 9 nitrogen and oxygen atoms in total. The molecule has 2 aliphatic rings. The fourth-order valence-electron chi connectivity index (χ4n) is 3.67. The number of fused-ring (bicyclic) bond motifs is 1. The van der Waals surface area contributed by atoms with Gasteiger partial charge in [-0.3, -0.25) is 14.5 Å². The minimum atomic E-state index is -0.975. The molecule has 1 fully saturated rings. The van der Waals surface area contributed by atoms with Gasteiger partial charge in [-0.25, -0.2) is 0 Å². The minimum Gasteiger partial charge on any atom is -0.507 e. The first kappa shape index (κ1) is 20.3. The maximum Gasteiger partial charge on any atom is 0.301 e. The van der Waals surface area contributed by atoms with Gasteiger partial charge >= 0.3 is 5.91 Å². The molecular weight excluding hydrogens is 458 g/mol. The lowest BCUT2D eigenvalue weighted by atomic mass is 9.95. The molecule has 1 saturated heterocycles. The van der Waals surface area contributed by atoms with Crippen molar-refractivity contribution in [1.82, 2.24) is 10.2 Å². The van der Waals surface area contributed by atoms with Gasteiger partial charge in [0.05, 0.1) is 23.7 Å². The molecule has 0 aliphatic carbocycles. The van der Waals surface area contributed by atoms with Crippen LogP contribution in [0.3, 0.4) is 0 Å². The molecule has 0 radical (unpaired) electrons. The first-order valence-corrected chi connectivity index (χ1v) is 10.6. The number of hydrogen-bond acceptors (Lipinski definition) is 9. The summed E-state index contributed by atoms with van der Waals surface area (Å²) in [5.41, 5.74) is 2.14. The first-order valence-electron chi connectivity index (χ1n) is 9.30. The third kappa shape index (κ3) is 3.15. The number of methoxy groups -OCH3 is 1. The standard InChI is InChI=1S/C21H14ClN3O6S/c1-29-13-4-2-10(6-12(13)22)17-16(19(27)20(28)25(17)21-24-23-8-32-21)18(26)11-3-5-14-15(7-11)31-9-30-14/h2-8,17,26H,9H2,1H3/b18-16+. The highest BCUT2D eigenvalue weighted by atomic mass is 35.5. The number of rotatable bonds is 4. The zero-order valence-corrected chi connectivity index (χ0v) is 18.0. The van der Waals surface area contributed by atoms with E-state index in [2.05, 4.69) is 10.2 Å². The molecule has 3 aromatic rings. The van der Waals surface area contributed by atoms with Crippen LogP contribution in [-0.2, 0) is 9.59 Å². The lowest BCUT2D eigenvalue weighted by molar-refractivity contribution is -0.132. The van der Waals surface area contributed by atoms with Crippen molar-refractivity contribution in [3.63, 3.8) is 0 Å². The number of benzene rings is 2. The SMILES string of the molecule is COc1ccc(C2/C(=C(\O)c3ccc4c(c3)OCO4)C(=O)C(=O)N2c2nncs2)cc1Cl. The number of amides is 1. The van der Waals surface area contributed by atoms with Gasteiger partial charge in [0.25, 0.3) is 5.78 Å². The Morgan fingerprint density at radius 1 is 1.22 bits per heavy atom. The van der Waals surface area contributed by atoms with Crippen LogP contribution in [0.4, 0.5) is 5.13 Å². The Labute approximate surface area is 190 Å². The van der Waals surface area contributed by atoms with Gasteiger partial charge < -0.3 is 19.3 Å². The molecule has 0 spiro atoms. The number of anilines is 1. The van der Waals surface area contributed by atoms with E-state index in [1.54, 1.807) is 36.4 Å². The van der Waals surface area contributed by atoms with Crippen molar-refractivity contribution in [1.29, 1.82) is 0 Å². The zero-order chi connectivity index (χ0) is 22.4. The average Bonchev–Trinajstić information content (AvgIpc) is 3.53. The molecule has 1 unspecified atom stereocenters. The molecule has 2 aliphatic heterocycles. The number of carbonyl (C=O) groups excluding carboxylic acids is 2. The number of nitrogens with zero attached hydrogens (tertiary/aromatic N) is 3. The lowest BCUT2D eigenvalue weighted by Gasteiger charge is -2.23. The summed E-state index contributed by atoms with van der Waals surface area (Å²) >= 11 is 7.41. The Balaban J connectivity index is 1.70. The van der Waals surface area contributed by atoms with E-state index in [0.717, 1.165) is 11.3 Å². The smallest absolute Gasteiger partial charge is 0.301 e. The highest BCUT2D eigenvalue weighted by Crippen LogP contribution is 2.44. The maximum absolute atomic E-state index is 13.1. The van der Waals surface area contributed by atoms with Crippen molar-refractivity contribution < 1.29 is 28.9 Å². The second kappa shape index (κ2) is 7.81. The van der Waals surface area contributed by atoms with Gasteiger partial charge in [0.2, 0.25) is 11.9 Å². The molecule has 1 atom stereocenters. The molecule has 3 heterocycles. The topological polar surface area (TPSA) is 111 Å². The monoisotopic (exact) mass is 471 g/mol. The highest BCUT2D eigenvalue weighted by molar-refractivity contribution is 7.13. The van der Waals surface area contributed by atoms with Crippen molar-refractivity contribution in [2.75, 3.05) is 18.8 Å². The van der Waals surface area contributed by atoms with Gasteiger partial charge in [-0.05, 0) is 35.9 Å². The summed E-state index contributed by atoms with van der Waals surface area (Å²) in [6.07, 6.45) is 0.